The van der Waals surface area contributed by atoms with Crippen LogP contribution in [0.1, 0.15) is 29.9 Å². The van der Waals surface area contributed by atoms with Crippen molar-refractivity contribution in [3.8, 4) is 0 Å². The van der Waals surface area contributed by atoms with Gasteiger partial charge in [0, 0.05) is 18.5 Å². The van der Waals surface area contributed by atoms with Crippen molar-refractivity contribution < 1.29 is 13.5 Å². The Labute approximate surface area is 160 Å². The van der Waals surface area contributed by atoms with Gasteiger partial charge in [-0.2, -0.15) is 4.31 Å². The second-order valence-electron chi connectivity index (χ2n) is 7.01. The topological polar surface area (TPSA) is 57.6 Å². The van der Waals surface area contributed by atoms with Gasteiger partial charge >= 0.3 is 0 Å². The van der Waals surface area contributed by atoms with Crippen LogP contribution in [-0.4, -0.2) is 30.9 Å². The number of fused-ring (bicyclic) bond motifs is 1. The molecular weight excluding hydrogens is 358 g/mol. The van der Waals surface area contributed by atoms with Gasteiger partial charge in [-0.3, -0.25) is 0 Å². The molecule has 1 fully saturated rings. The lowest BCUT2D eigenvalue weighted by Crippen LogP contribution is -2.38. The number of nitrogens with zero attached hydrogens (tertiary/aromatic N) is 1. The maximum Gasteiger partial charge on any atom is 0.243 e. The number of rotatable bonds is 4. The van der Waals surface area contributed by atoms with Gasteiger partial charge in [-0.25, -0.2) is 8.42 Å². The molecule has 1 aliphatic heterocycles. The van der Waals surface area contributed by atoms with E-state index in [1.54, 1.807) is 16.4 Å². The average molecular weight is 381 g/mol. The van der Waals surface area contributed by atoms with Crippen LogP contribution in [0.3, 0.4) is 0 Å². The SMILES string of the molecule is O=S(=O)(c1cccc2ccccc12)N1CCC(c2ccccc2CO)CC1. The normalized spacial score (nSPS) is 16.6. The van der Waals surface area contributed by atoms with Crippen LogP contribution in [0, 0.1) is 0 Å². The quantitative estimate of drug-likeness (QED) is 0.746. The van der Waals surface area contributed by atoms with E-state index in [2.05, 4.69) is 0 Å². The molecule has 1 saturated heterocycles. The fourth-order valence-corrected chi connectivity index (χ4v) is 5.73. The van der Waals surface area contributed by atoms with Crippen LogP contribution < -0.4 is 0 Å². The van der Waals surface area contributed by atoms with E-state index in [1.807, 2.05) is 54.6 Å². The van der Waals surface area contributed by atoms with Gasteiger partial charge in [0.05, 0.1) is 11.5 Å². The summed E-state index contributed by atoms with van der Waals surface area (Å²) in [7, 11) is -3.53. The standard InChI is InChI=1S/C22H23NO3S/c24-16-19-7-2-3-9-20(19)18-12-14-23(15-13-18)27(25,26)22-11-5-8-17-6-1-4-10-21(17)22/h1-11,18,24H,12-16H2. The third-order valence-corrected chi connectivity index (χ3v) is 7.44. The number of aliphatic hydroxyl groups is 1. The molecule has 3 aromatic carbocycles. The van der Waals surface area contributed by atoms with Gasteiger partial charge in [0.1, 0.15) is 0 Å². The first kappa shape index (κ1) is 18.2. The first-order valence-corrected chi connectivity index (χ1v) is 10.7. The minimum atomic E-state index is -3.53. The van der Waals surface area contributed by atoms with E-state index in [0.717, 1.165) is 34.7 Å². The lowest BCUT2D eigenvalue weighted by atomic mass is 9.87. The van der Waals surface area contributed by atoms with Crippen molar-refractivity contribution in [2.45, 2.75) is 30.3 Å². The van der Waals surface area contributed by atoms with Crippen molar-refractivity contribution >= 4 is 20.8 Å². The van der Waals surface area contributed by atoms with Gasteiger partial charge in [-0.05, 0) is 41.3 Å². The van der Waals surface area contributed by atoms with Gasteiger partial charge in [0.2, 0.25) is 10.0 Å². The molecular formula is C22H23NO3S. The number of sulfonamides is 1. The highest BCUT2D eigenvalue weighted by molar-refractivity contribution is 7.89. The molecule has 0 aromatic heterocycles. The third kappa shape index (κ3) is 3.38. The smallest absolute Gasteiger partial charge is 0.243 e. The van der Waals surface area contributed by atoms with Crippen molar-refractivity contribution in [1.82, 2.24) is 4.31 Å². The van der Waals surface area contributed by atoms with Crippen molar-refractivity contribution in [2.75, 3.05) is 13.1 Å². The summed E-state index contributed by atoms with van der Waals surface area (Å²) in [6.07, 6.45) is 1.53. The maximum atomic E-state index is 13.3. The zero-order valence-corrected chi connectivity index (χ0v) is 15.9. The predicted molar refractivity (Wildman–Crippen MR) is 107 cm³/mol. The van der Waals surface area contributed by atoms with Gasteiger partial charge in [-0.15, -0.1) is 0 Å². The summed E-state index contributed by atoms with van der Waals surface area (Å²) in [4.78, 5) is 0.384. The van der Waals surface area contributed by atoms with E-state index < -0.39 is 10.0 Å². The van der Waals surface area contributed by atoms with Crippen LogP contribution in [0.15, 0.2) is 71.6 Å². The van der Waals surface area contributed by atoms with Crippen molar-refractivity contribution in [3.05, 3.63) is 77.9 Å². The minimum absolute atomic E-state index is 0.0185. The molecule has 1 N–H and O–H groups in total. The largest absolute Gasteiger partial charge is 0.392 e. The number of aliphatic hydroxyl groups excluding tert-OH is 1. The van der Waals surface area contributed by atoms with Gasteiger partial charge in [-0.1, -0.05) is 60.7 Å². The molecule has 27 heavy (non-hydrogen) atoms. The van der Waals surface area contributed by atoms with E-state index in [0.29, 0.717) is 18.0 Å². The molecule has 0 atom stereocenters. The van der Waals surface area contributed by atoms with E-state index in [4.69, 9.17) is 0 Å². The molecule has 0 aliphatic carbocycles. The molecule has 0 radical (unpaired) electrons. The van der Waals surface area contributed by atoms with Crippen molar-refractivity contribution in [2.24, 2.45) is 0 Å². The minimum Gasteiger partial charge on any atom is -0.392 e. The first-order valence-electron chi connectivity index (χ1n) is 9.28. The predicted octanol–water partition coefficient (Wildman–Crippen LogP) is 3.90. The molecule has 3 aromatic rings. The Balaban J connectivity index is 1.58. The van der Waals surface area contributed by atoms with Gasteiger partial charge in [0.15, 0.2) is 0 Å². The summed E-state index contributed by atoms with van der Waals surface area (Å²) in [6.45, 7) is 1.01. The molecule has 1 heterocycles. The number of piperidine rings is 1. The fraction of sp³-hybridized carbons (Fsp3) is 0.273. The summed E-state index contributed by atoms with van der Waals surface area (Å²) in [5, 5.41) is 11.3. The molecule has 0 spiro atoms. The van der Waals surface area contributed by atoms with Crippen molar-refractivity contribution in [3.63, 3.8) is 0 Å². The molecule has 0 amide bonds. The summed E-state index contributed by atoms with van der Waals surface area (Å²) in [6, 6.07) is 20.9. The number of hydrogen-bond donors (Lipinski definition) is 1. The lowest BCUT2D eigenvalue weighted by molar-refractivity contribution is 0.275. The Morgan fingerprint density at radius 1 is 0.889 bits per heavy atom. The summed E-state index contributed by atoms with van der Waals surface area (Å²) in [5.74, 6) is 0.285. The van der Waals surface area contributed by atoms with Gasteiger partial charge < -0.3 is 5.11 Å². The molecule has 1 aliphatic rings. The second kappa shape index (κ2) is 7.43. The molecule has 0 unspecified atom stereocenters. The fourth-order valence-electron chi connectivity index (χ4n) is 4.04. The molecule has 5 heteroatoms. The van der Waals surface area contributed by atoms with Gasteiger partial charge in [0.25, 0.3) is 0 Å². The lowest BCUT2D eigenvalue weighted by Gasteiger charge is -2.32. The maximum absolute atomic E-state index is 13.3. The van der Waals surface area contributed by atoms with E-state index in [-0.39, 0.29) is 12.5 Å². The molecule has 0 bridgehead atoms. The van der Waals surface area contributed by atoms with E-state index >= 15 is 0 Å². The highest BCUT2D eigenvalue weighted by Gasteiger charge is 2.31. The van der Waals surface area contributed by atoms with Crippen LogP contribution >= 0.6 is 0 Å². The summed E-state index contributed by atoms with van der Waals surface area (Å²) < 4.78 is 28.1. The van der Waals surface area contributed by atoms with Crippen LogP contribution in [0.2, 0.25) is 0 Å². The summed E-state index contributed by atoms with van der Waals surface area (Å²) in [5.41, 5.74) is 2.08. The van der Waals surface area contributed by atoms with E-state index in [9.17, 15) is 13.5 Å². The van der Waals surface area contributed by atoms with Crippen LogP contribution in [0.25, 0.3) is 10.8 Å². The van der Waals surface area contributed by atoms with Crippen molar-refractivity contribution in [1.29, 1.82) is 0 Å². The molecule has 140 valence electrons. The summed E-state index contributed by atoms with van der Waals surface area (Å²) >= 11 is 0. The van der Waals surface area contributed by atoms with E-state index in [1.165, 1.54) is 0 Å². The van der Waals surface area contributed by atoms with Crippen LogP contribution in [-0.2, 0) is 16.6 Å². The Kier molecular flexibility index (Phi) is 5.00. The zero-order chi connectivity index (χ0) is 18.9. The number of hydrogen-bond acceptors (Lipinski definition) is 3. The Morgan fingerprint density at radius 3 is 2.33 bits per heavy atom. The highest BCUT2D eigenvalue weighted by Crippen LogP contribution is 2.34. The zero-order valence-electron chi connectivity index (χ0n) is 15.1. The molecule has 4 nitrogen and oxygen atoms in total. The molecule has 0 saturated carbocycles. The molecule has 4 rings (SSSR count). The third-order valence-electron chi connectivity index (χ3n) is 5.49. The second-order valence-corrected chi connectivity index (χ2v) is 8.92. The average Bonchev–Trinajstić information content (AvgIpc) is 2.73. The number of benzene rings is 3. The monoisotopic (exact) mass is 381 g/mol. The Morgan fingerprint density at radius 2 is 1.56 bits per heavy atom. The van der Waals surface area contributed by atoms with Crippen LogP contribution in [0.5, 0.6) is 0 Å². The Bertz CT molecular complexity index is 1050. The van der Waals surface area contributed by atoms with Crippen LogP contribution in [0.4, 0.5) is 0 Å². The highest BCUT2D eigenvalue weighted by atomic mass is 32.2. The first-order chi connectivity index (χ1) is 13.1. The Hall–Kier alpha value is -2.21.